The first kappa shape index (κ1) is 20.0. The summed E-state index contributed by atoms with van der Waals surface area (Å²) in [4.78, 5) is 7.99. The van der Waals surface area contributed by atoms with E-state index in [9.17, 15) is 0 Å². The first-order chi connectivity index (χ1) is 14.8. The molecule has 0 saturated carbocycles. The molecule has 0 amide bonds. The van der Waals surface area contributed by atoms with Gasteiger partial charge in [-0.15, -0.1) is 0 Å². The number of aromatic nitrogens is 2. The number of hydrogen-bond acceptors (Lipinski definition) is 4. The Hall–Kier alpha value is -3.31. The van der Waals surface area contributed by atoms with E-state index in [1.807, 2.05) is 49.4 Å². The van der Waals surface area contributed by atoms with Crippen molar-refractivity contribution in [3.8, 4) is 11.5 Å². The van der Waals surface area contributed by atoms with Gasteiger partial charge in [0.05, 0.1) is 17.6 Å². The van der Waals surface area contributed by atoms with Crippen molar-refractivity contribution >= 4 is 11.0 Å². The van der Waals surface area contributed by atoms with Crippen LogP contribution >= 0.6 is 0 Å². The first-order valence-electron chi connectivity index (χ1n) is 10.4. The third-order valence-corrected chi connectivity index (χ3v) is 4.85. The molecule has 5 nitrogen and oxygen atoms in total. The Balaban J connectivity index is 1.31. The van der Waals surface area contributed by atoms with Crippen LogP contribution in [0.1, 0.15) is 23.9 Å². The van der Waals surface area contributed by atoms with Crippen molar-refractivity contribution in [3.63, 3.8) is 0 Å². The number of ether oxygens (including phenoxy) is 2. The van der Waals surface area contributed by atoms with Crippen LogP contribution in [0.5, 0.6) is 11.5 Å². The number of benzene rings is 3. The molecular formula is C25H27N3O2. The highest BCUT2D eigenvalue weighted by Gasteiger charge is 2.08. The molecule has 2 N–H and O–H groups in total. The average Bonchev–Trinajstić information content (AvgIpc) is 3.20. The molecule has 0 aliphatic carbocycles. The summed E-state index contributed by atoms with van der Waals surface area (Å²) in [7, 11) is 0. The smallest absolute Gasteiger partial charge is 0.161 e. The maximum atomic E-state index is 5.99. The lowest BCUT2D eigenvalue weighted by Gasteiger charge is -2.14. The lowest BCUT2D eigenvalue weighted by molar-refractivity contribution is 0.269. The van der Waals surface area contributed by atoms with Gasteiger partial charge in [-0.2, -0.15) is 0 Å². The minimum atomic E-state index is 0.524. The average molecular weight is 402 g/mol. The number of fused-ring (bicyclic) bond motifs is 1. The summed E-state index contributed by atoms with van der Waals surface area (Å²) in [5, 5.41) is 3.48. The zero-order valence-corrected chi connectivity index (χ0v) is 17.2. The van der Waals surface area contributed by atoms with Crippen LogP contribution in [0.25, 0.3) is 11.0 Å². The van der Waals surface area contributed by atoms with Crippen molar-refractivity contribution < 1.29 is 9.47 Å². The predicted octanol–water partition coefficient (Wildman–Crippen LogP) is 4.87. The third-order valence-electron chi connectivity index (χ3n) is 4.85. The van der Waals surface area contributed by atoms with E-state index in [-0.39, 0.29) is 0 Å². The van der Waals surface area contributed by atoms with Crippen molar-refractivity contribution in [1.29, 1.82) is 0 Å². The lowest BCUT2D eigenvalue weighted by atomic mass is 10.2. The van der Waals surface area contributed by atoms with Crippen molar-refractivity contribution in [1.82, 2.24) is 15.3 Å². The molecule has 4 aromatic rings. The second kappa shape index (κ2) is 9.94. The second-order valence-corrected chi connectivity index (χ2v) is 7.12. The zero-order valence-electron chi connectivity index (χ0n) is 17.2. The zero-order chi connectivity index (χ0) is 20.6. The Morgan fingerprint density at radius 2 is 1.70 bits per heavy atom. The van der Waals surface area contributed by atoms with E-state index in [0.717, 1.165) is 59.0 Å². The predicted molar refractivity (Wildman–Crippen MR) is 120 cm³/mol. The number of nitrogens with one attached hydrogen (secondary N) is 2. The highest BCUT2D eigenvalue weighted by Crippen LogP contribution is 2.29. The number of rotatable bonds is 10. The summed E-state index contributed by atoms with van der Waals surface area (Å²) < 4.78 is 11.8. The molecule has 5 heteroatoms. The van der Waals surface area contributed by atoms with Crippen LogP contribution in [0.15, 0.2) is 72.8 Å². The van der Waals surface area contributed by atoms with Crippen LogP contribution in [0.4, 0.5) is 0 Å². The number of nitrogens with zero attached hydrogens (tertiary/aromatic N) is 1. The number of para-hydroxylation sites is 2. The molecule has 3 aromatic carbocycles. The van der Waals surface area contributed by atoms with Gasteiger partial charge in [0, 0.05) is 19.5 Å². The summed E-state index contributed by atoms with van der Waals surface area (Å²) in [6.07, 6.45) is 0.852. The van der Waals surface area contributed by atoms with E-state index < -0.39 is 0 Å². The SMILES string of the molecule is CCOc1cc(CNCCc2nc3ccccc3[nH]2)ccc1OCc1ccccc1. The number of imidazole rings is 1. The molecule has 1 aromatic heterocycles. The van der Waals surface area contributed by atoms with Crippen LogP contribution in [0, 0.1) is 0 Å². The van der Waals surface area contributed by atoms with E-state index in [1.165, 1.54) is 0 Å². The molecule has 0 aliphatic rings. The Kier molecular flexibility index (Phi) is 6.62. The molecule has 4 rings (SSSR count). The number of H-pyrrole nitrogens is 1. The van der Waals surface area contributed by atoms with Crippen LogP contribution in [-0.4, -0.2) is 23.1 Å². The standard InChI is InChI=1S/C25H27N3O2/c1-2-29-24-16-20(12-13-23(24)30-18-19-8-4-3-5-9-19)17-26-15-14-25-27-21-10-6-7-11-22(21)28-25/h3-13,16,26H,2,14-15,17-18H2,1H3,(H,27,28). The molecule has 0 fully saturated rings. The van der Waals surface area contributed by atoms with Gasteiger partial charge < -0.3 is 19.8 Å². The monoisotopic (exact) mass is 401 g/mol. The van der Waals surface area contributed by atoms with Crippen molar-refractivity contribution in [2.75, 3.05) is 13.2 Å². The van der Waals surface area contributed by atoms with Crippen molar-refractivity contribution in [2.24, 2.45) is 0 Å². The van der Waals surface area contributed by atoms with Gasteiger partial charge in [0.2, 0.25) is 0 Å². The molecule has 0 aliphatic heterocycles. The maximum absolute atomic E-state index is 5.99. The Labute approximate surface area is 177 Å². The highest BCUT2D eigenvalue weighted by molar-refractivity contribution is 5.74. The van der Waals surface area contributed by atoms with Crippen molar-refractivity contribution in [2.45, 2.75) is 26.5 Å². The van der Waals surface area contributed by atoms with Gasteiger partial charge in [-0.05, 0) is 42.3 Å². The maximum Gasteiger partial charge on any atom is 0.161 e. The minimum Gasteiger partial charge on any atom is -0.490 e. The summed E-state index contributed by atoms with van der Waals surface area (Å²) in [6, 6.07) is 24.4. The molecule has 0 atom stereocenters. The summed E-state index contributed by atoms with van der Waals surface area (Å²) in [5.74, 6) is 2.56. The summed E-state index contributed by atoms with van der Waals surface area (Å²) in [6.45, 7) is 4.72. The van der Waals surface area contributed by atoms with Gasteiger partial charge in [0.15, 0.2) is 11.5 Å². The Morgan fingerprint density at radius 1 is 0.867 bits per heavy atom. The number of hydrogen-bond donors (Lipinski definition) is 2. The molecule has 0 saturated heterocycles. The molecule has 30 heavy (non-hydrogen) atoms. The molecular weight excluding hydrogens is 374 g/mol. The van der Waals surface area contributed by atoms with Crippen LogP contribution in [0.3, 0.4) is 0 Å². The van der Waals surface area contributed by atoms with E-state index in [2.05, 4.69) is 45.6 Å². The fraction of sp³-hybridized carbons (Fsp3) is 0.240. The Bertz CT molecular complexity index is 1040. The fourth-order valence-corrected chi connectivity index (χ4v) is 3.35. The van der Waals surface area contributed by atoms with Gasteiger partial charge >= 0.3 is 0 Å². The van der Waals surface area contributed by atoms with Gasteiger partial charge in [-0.3, -0.25) is 0 Å². The molecule has 0 bridgehead atoms. The minimum absolute atomic E-state index is 0.524. The molecule has 1 heterocycles. The summed E-state index contributed by atoms with van der Waals surface area (Å²) in [5.41, 5.74) is 4.39. The number of aromatic amines is 1. The largest absolute Gasteiger partial charge is 0.490 e. The van der Waals surface area contributed by atoms with Gasteiger partial charge in [0.25, 0.3) is 0 Å². The van der Waals surface area contributed by atoms with E-state index >= 15 is 0 Å². The normalized spacial score (nSPS) is 11.0. The van der Waals surface area contributed by atoms with Crippen LogP contribution < -0.4 is 14.8 Å². The van der Waals surface area contributed by atoms with Gasteiger partial charge in [-0.1, -0.05) is 48.5 Å². The molecule has 0 spiro atoms. The Morgan fingerprint density at radius 3 is 2.53 bits per heavy atom. The third kappa shape index (κ3) is 5.19. The molecule has 154 valence electrons. The quantitative estimate of drug-likeness (QED) is 0.372. The molecule has 0 radical (unpaired) electrons. The van der Waals surface area contributed by atoms with Crippen LogP contribution in [0.2, 0.25) is 0 Å². The topological polar surface area (TPSA) is 59.2 Å². The van der Waals surface area contributed by atoms with Crippen LogP contribution in [-0.2, 0) is 19.6 Å². The summed E-state index contributed by atoms with van der Waals surface area (Å²) >= 11 is 0. The van der Waals surface area contributed by atoms with Gasteiger partial charge in [0.1, 0.15) is 12.4 Å². The van der Waals surface area contributed by atoms with Crippen molar-refractivity contribution in [3.05, 3.63) is 89.7 Å². The van der Waals surface area contributed by atoms with E-state index in [4.69, 9.17) is 9.47 Å². The van der Waals surface area contributed by atoms with E-state index in [1.54, 1.807) is 0 Å². The van der Waals surface area contributed by atoms with Gasteiger partial charge in [-0.25, -0.2) is 4.98 Å². The van der Waals surface area contributed by atoms with E-state index in [0.29, 0.717) is 13.2 Å². The fourth-order valence-electron chi connectivity index (χ4n) is 3.35. The second-order valence-electron chi connectivity index (χ2n) is 7.12. The lowest BCUT2D eigenvalue weighted by Crippen LogP contribution is -2.17. The highest BCUT2D eigenvalue weighted by atomic mass is 16.5. The molecule has 0 unspecified atom stereocenters. The first-order valence-corrected chi connectivity index (χ1v) is 10.4.